The fraction of sp³-hybridized carbons (Fsp3) is 0.250. The van der Waals surface area contributed by atoms with Gasteiger partial charge in [0.2, 0.25) is 0 Å². The highest BCUT2D eigenvalue weighted by Gasteiger charge is 2.12. The Balaban J connectivity index is 3.36. The molecular formula is C12H14O2. The first kappa shape index (κ1) is 10.5. The van der Waals surface area contributed by atoms with Crippen molar-refractivity contribution in [2.75, 3.05) is 0 Å². The molecule has 2 nitrogen and oxygen atoms in total. The maximum absolute atomic E-state index is 10.8. The van der Waals surface area contributed by atoms with Gasteiger partial charge in [-0.25, -0.2) is 0 Å². The fourth-order valence-corrected chi connectivity index (χ4v) is 1.36. The minimum absolute atomic E-state index is 0.635. The smallest absolute Gasteiger partial charge is 0.154 e. The van der Waals surface area contributed by atoms with Gasteiger partial charge in [0.15, 0.2) is 6.29 Å². The van der Waals surface area contributed by atoms with E-state index in [-0.39, 0.29) is 0 Å². The lowest BCUT2D eigenvalue weighted by Crippen LogP contribution is -1.83. The van der Waals surface area contributed by atoms with Gasteiger partial charge in [-0.05, 0) is 26.8 Å². The third kappa shape index (κ3) is 1.84. The number of furan rings is 1. The Labute approximate surface area is 83.9 Å². The summed E-state index contributed by atoms with van der Waals surface area (Å²) >= 11 is 0. The Kier molecular flexibility index (Phi) is 3.46. The van der Waals surface area contributed by atoms with Crippen LogP contribution in [0.5, 0.6) is 0 Å². The van der Waals surface area contributed by atoms with Crippen molar-refractivity contribution in [2.24, 2.45) is 0 Å². The summed E-state index contributed by atoms with van der Waals surface area (Å²) in [6.45, 7) is 5.62. The van der Waals surface area contributed by atoms with Crippen molar-refractivity contribution >= 4 is 18.4 Å². The van der Waals surface area contributed by atoms with Crippen LogP contribution in [0.4, 0.5) is 0 Å². The third-order valence-corrected chi connectivity index (χ3v) is 1.97. The van der Waals surface area contributed by atoms with E-state index in [1.54, 1.807) is 6.92 Å². The monoisotopic (exact) mass is 190 g/mol. The summed E-state index contributed by atoms with van der Waals surface area (Å²) in [6, 6.07) is 0. The van der Waals surface area contributed by atoms with E-state index in [0.29, 0.717) is 11.3 Å². The molecule has 0 radical (unpaired) electrons. The van der Waals surface area contributed by atoms with Crippen LogP contribution in [-0.4, -0.2) is 6.29 Å². The van der Waals surface area contributed by atoms with Crippen molar-refractivity contribution in [1.82, 2.24) is 0 Å². The first-order chi connectivity index (χ1) is 6.74. The van der Waals surface area contributed by atoms with Crippen LogP contribution in [-0.2, 0) is 0 Å². The van der Waals surface area contributed by atoms with Gasteiger partial charge in [-0.15, -0.1) is 0 Å². The molecule has 14 heavy (non-hydrogen) atoms. The van der Waals surface area contributed by atoms with E-state index in [4.69, 9.17) is 4.42 Å². The molecule has 0 spiro atoms. The van der Waals surface area contributed by atoms with Gasteiger partial charge < -0.3 is 4.42 Å². The molecule has 0 unspecified atom stereocenters. The van der Waals surface area contributed by atoms with Gasteiger partial charge in [-0.3, -0.25) is 4.79 Å². The van der Waals surface area contributed by atoms with E-state index in [2.05, 4.69) is 0 Å². The van der Waals surface area contributed by atoms with Crippen LogP contribution < -0.4 is 0 Å². The number of aryl methyl sites for hydroxylation is 1. The molecule has 1 aromatic rings. The highest BCUT2D eigenvalue weighted by Crippen LogP contribution is 2.23. The first-order valence-corrected chi connectivity index (χ1v) is 4.58. The van der Waals surface area contributed by atoms with Crippen molar-refractivity contribution < 1.29 is 9.21 Å². The molecular weight excluding hydrogens is 176 g/mol. The lowest BCUT2D eigenvalue weighted by Gasteiger charge is -1.90. The Bertz CT molecular complexity index is 381. The zero-order valence-corrected chi connectivity index (χ0v) is 8.70. The van der Waals surface area contributed by atoms with E-state index in [9.17, 15) is 4.79 Å². The van der Waals surface area contributed by atoms with Crippen LogP contribution in [0.1, 0.15) is 41.3 Å². The predicted molar refractivity (Wildman–Crippen MR) is 58.2 cm³/mol. The number of rotatable bonds is 3. The maximum atomic E-state index is 10.8. The largest absolute Gasteiger partial charge is 0.461 e. The van der Waals surface area contributed by atoms with E-state index >= 15 is 0 Å². The number of allylic oxidation sites excluding steroid dienone is 2. The number of hydrogen-bond acceptors (Lipinski definition) is 2. The molecule has 0 fully saturated rings. The molecule has 1 rings (SSSR count). The van der Waals surface area contributed by atoms with Crippen LogP contribution >= 0.6 is 0 Å². The zero-order valence-electron chi connectivity index (χ0n) is 8.70. The number of carbonyl (C=O) groups excluding carboxylic acids is 1. The highest BCUT2D eigenvalue weighted by atomic mass is 16.3. The average Bonchev–Trinajstić information content (AvgIpc) is 2.44. The second-order valence-electron chi connectivity index (χ2n) is 2.97. The molecule has 2 heteroatoms. The van der Waals surface area contributed by atoms with E-state index < -0.39 is 0 Å². The molecule has 0 N–H and O–H groups in total. The van der Waals surface area contributed by atoms with Crippen LogP contribution in [0.2, 0.25) is 0 Å². The van der Waals surface area contributed by atoms with Gasteiger partial charge in [-0.1, -0.05) is 18.2 Å². The lowest BCUT2D eigenvalue weighted by atomic mass is 10.1. The van der Waals surface area contributed by atoms with Crippen LogP contribution in [0.25, 0.3) is 12.2 Å². The molecule has 0 atom stereocenters. The molecule has 0 bridgehead atoms. The van der Waals surface area contributed by atoms with Crippen LogP contribution in [0, 0.1) is 6.92 Å². The molecule has 0 aliphatic carbocycles. The van der Waals surface area contributed by atoms with Gasteiger partial charge in [-0.2, -0.15) is 0 Å². The van der Waals surface area contributed by atoms with Gasteiger partial charge in [0.1, 0.15) is 11.5 Å². The second kappa shape index (κ2) is 4.61. The van der Waals surface area contributed by atoms with E-state index in [1.165, 1.54) is 0 Å². The van der Waals surface area contributed by atoms with Gasteiger partial charge in [0.25, 0.3) is 0 Å². The normalized spacial score (nSPS) is 11.6. The standard InChI is InChI=1S/C12H14O2/c1-4-6-10-11(8-13)9(3)14-12(10)7-5-2/h4-8H,1-3H3/b6-4+,7-5+. The predicted octanol–water partition coefficient (Wildman–Crippen LogP) is 3.47. The summed E-state index contributed by atoms with van der Waals surface area (Å²) in [5, 5.41) is 0. The summed E-state index contributed by atoms with van der Waals surface area (Å²) in [7, 11) is 0. The molecule has 0 aliphatic rings. The number of hydrogen-bond donors (Lipinski definition) is 0. The average molecular weight is 190 g/mol. The minimum atomic E-state index is 0.635. The zero-order chi connectivity index (χ0) is 10.6. The Morgan fingerprint density at radius 2 is 1.71 bits per heavy atom. The first-order valence-electron chi connectivity index (χ1n) is 4.58. The molecule has 0 amide bonds. The third-order valence-electron chi connectivity index (χ3n) is 1.97. The Morgan fingerprint density at radius 3 is 2.21 bits per heavy atom. The molecule has 0 saturated carbocycles. The lowest BCUT2D eigenvalue weighted by molar-refractivity contribution is 0.112. The van der Waals surface area contributed by atoms with Gasteiger partial charge in [0.05, 0.1) is 5.56 Å². The second-order valence-corrected chi connectivity index (χ2v) is 2.97. The molecule has 0 saturated heterocycles. The van der Waals surface area contributed by atoms with Crippen molar-refractivity contribution in [3.63, 3.8) is 0 Å². The maximum Gasteiger partial charge on any atom is 0.154 e. The molecule has 1 aromatic heterocycles. The Hall–Kier alpha value is -1.57. The Morgan fingerprint density at radius 1 is 1.07 bits per heavy atom. The molecule has 0 aromatic carbocycles. The van der Waals surface area contributed by atoms with Gasteiger partial charge in [0, 0.05) is 5.56 Å². The summed E-state index contributed by atoms with van der Waals surface area (Å²) in [5.74, 6) is 1.41. The molecule has 0 aliphatic heterocycles. The van der Waals surface area contributed by atoms with E-state index in [1.807, 2.05) is 38.2 Å². The van der Waals surface area contributed by atoms with Crippen molar-refractivity contribution in [1.29, 1.82) is 0 Å². The molecule has 74 valence electrons. The number of carbonyl (C=O) groups is 1. The topological polar surface area (TPSA) is 30.2 Å². The van der Waals surface area contributed by atoms with Crippen LogP contribution in [0.15, 0.2) is 16.6 Å². The summed E-state index contributed by atoms with van der Waals surface area (Å²) < 4.78 is 5.46. The molecule has 1 heterocycles. The van der Waals surface area contributed by atoms with Crippen molar-refractivity contribution in [2.45, 2.75) is 20.8 Å². The minimum Gasteiger partial charge on any atom is -0.461 e. The van der Waals surface area contributed by atoms with Gasteiger partial charge >= 0.3 is 0 Å². The quantitative estimate of drug-likeness (QED) is 0.683. The summed E-state index contributed by atoms with van der Waals surface area (Å²) in [6.07, 6.45) is 8.36. The number of aldehydes is 1. The van der Waals surface area contributed by atoms with Crippen molar-refractivity contribution in [3.05, 3.63) is 34.8 Å². The van der Waals surface area contributed by atoms with Crippen LogP contribution in [0.3, 0.4) is 0 Å². The summed E-state index contributed by atoms with van der Waals surface area (Å²) in [5.41, 5.74) is 1.49. The van der Waals surface area contributed by atoms with E-state index in [0.717, 1.165) is 17.6 Å². The highest BCUT2D eigenvalue weighted by molar-refractivity contribution is 5.85. The SMILES string of the molecule is C/C=C/c1oc(C)c(C=O)c1/C=C/C. The fourth-order valence-electron chi connectivity index (χ4n) is 1.36. The van der Waals surface area contributed by atoms with Crippen molar-refractivity contribution in [3.8, 4) is 0 Å². The summed E-state index contributed by atoms with van der Waals surface area (Å²) in [4.78, 5) is 10.8.